The number of amides is 2. The van der Waals surface area contributed by atoms with Crippen LogP contribution in [-0.2, 0) is 17.6 Å². The van der Waals surface area contributed by atoms with E-state index in [1.54, 1.807) is 16.7 Å². The van der Waals surface area contributed by atoms with Crippen molar-refractivity contribution in [2.45, 2.75) is 52.0 Å². The molecule has 1 saturated heterocycles. The molecular weight excluding hydrogens is 420 g/mol. The monoisotopic (exact) mass is 446 g/mol. The normalized spacial score (nSPS) is 18.0. The molecule has 4 heterocycles. The summed E-state index contributed by atoms with van der Waals surface area (Å²) in [6.45, 7) is 4.81. The van der Waals surface area contributed by atoms with E-state index in [0.29, 0.717) is 43.3 Å². The standard InChI is InChI=1S/C24H26N6O3/c1-15-18-10-11-20(31)30(14-12-17-7-4-3-5-8-17)23(18)26-22(25-15)19-9-6-13-29(19)24(32)21-16(2)27-33-28-21/h3-5,7-8,19H,6,9-14H2,1-2H3. The van der Waals surface area contributed by atoms with Crippen molar-refractivity contribution in [3.63, 3.8) is 0 Å². The first-order chi connectivity index (χ1) is 16.0. The highest BCUT2D eigenvalue weighted by molar-refractivity contribution is 5.95. The largest absolute Gasteiger partial charge is 0.327 e. The van der Waals surface area contributed by atoms with Crippen LogP contribution in [0.5, 0.6) is 0 Å². The van der Waals surface area contributed by atoms with E-state index in [1.165, 1.54) is 5.56 Å². The molecule has 0 spiro atoms. The molecule has 1 unspecified atom stereocenters. The highest BCUT2D eigenvalue weighted by Gasteiger charge is 2.36. The Morgan fingerprint density at radius 3 is 2.67 bits per heavy atom. The summed E-state index contributed by atoms with van der Waals surface area (Å²) in [5.74, 6) is 1.10. The number of anilines is 1. The molecule has 2 aromatic heterocycles. The Bertz CT molecular complexity index is 1190. The Balaban J connectivity index is 1.45. The predicted molar refractivity (Wildman–Crippen MR) is 120 cm³/mol. The minimum atomic E-state index is -0.273. The van der Waals surface area contributed by atoms with E-state index in [0.717, 1.165) is 30.5 Å². The smallest absolute Gasteiger partial charge is 0.278 e. The Morgan fingerprint density at radius 1 is 1.09 bits per heavy atom. The molecule has 0 N–H and O–H groups in total. The zero-order valence-electron chi connectivity index (χ0n) is 18.8. The Labute approximate surface area is 191 Å². The lowest BCUT2D eigenvalue weighted by atomic mass is 10.0. The second kappa shape index (κ2) is 8.73. The van der Waals surface area contributed by atoms with E-state index in [2.05, 4.69) is 22.4 Å². The van der Waals surface area contributed by atoms with Crippen LogP contribution in [-0.4, -0.2) is 50.1 Å². The highest BCUT2D eigenvalue weighted by atomic mass is 16.6. The van der Waals surface area contributed by atoms with Gasteiger partial charge in [0.15, 0.2) is 11.5 Å². The van der Waals surface area contributed by atoms with Crippen LogP contribution < -0.4 is 4.90 Å². The first-order valence-corrected chi connectivity index (χ1v) is 11.3. The second-order valence-corrected chi connectivity index (χ2v) is 8.61. The van der Waals surface area contributed by atoms with Gasteiger partial charge >= 0.3 is 0 Å². The van der Waals surface area contributed by atoms with Gasteiger partial charge in [0.05, 0.1) is 6.04 Å². The van der Waals surface area contributed by atoms with Gasteiger partial charge in [-0.1, -0.05) is 35.5 Å². The molecular formula is C24H26N6O3. The third-order valence-corrected chi connectivity index (χ3v) is 6.49. The fraction of sp³-hybridized carbons (Fsp3) is 0.417. The number of rotatable bonds is 5. The van der Waals surface area contributed by atoms with Crippen molar-refractivity contribution in [1.29, 1.82) is 0 Å². The summed E-state index contributed by atoms with van der Waals surface area (Å²) in [6.07, 6.45) is 3.44. The van der Waals surface area contributed by atoms with E-state index in [4.69, 9.17) is 14.6 Å². The third-order valence-electron chi connectivity index (χ3n) is 6.49. The molecule has 2 aliphatic rings. The maximum atomic E-state index is 13.1. The van der Waals surface area contributed by atoms with E-state index >= 15 is 0 Å². The van der Waals surface area contributed by atoms with Crippen molar-refractivity contribution >= 4 is 17.6 Å². The van der Waals surface area contributed by atoms with Gasteiger partial charge in [0, 0.05) is 30.8 Å². The number of aromatic nitrogens is 4. The van der Waals surface area contributed by atoms with Crippen LogP contribution >= 0.6 is 0 Å². The Morgan fingerprint density at radius 2 is 1.91 bits per heavy atom. The number of hydrogen-bond acceptors (Lipinski definition) is 7. The van der Waals surface area contributed by atoms with Gasteiger partial charge in [0.25, 0.3) is 5.91 Å². The molecule has 9 nitrogen and oxygen atoms in total. The van der Waals surface area contributed by atoms with Crippen molar-refractivity contribution in [2.75, 3.05) is 18.0 Å². The van der Waals surface area contributed by atoms with E-state index in [9.17, 15) is 9.59 Å². The van der Waals surface area contributed by atoms with Gasteiger partial charge in [-0.15, -0.1) is 0 Å². The summed E-state index contributed by atoms with van der Waals surface area (Å²) < 4.78 is 4.73. The lowest BCUT2D eigenvalue weighted by Gasteiger charge is -2.31. The number of benzene rings is 1. The molecule has 2 amide bonds. The summed E-state index contributed by atoms with van der Waals surface area (Å²) in [4.78, 5) is 39.2. The Hall–Kier alpha value is -3.62. The van der Waals surface area contributed by atoms with Crippen molar-refractivity contribution in [1.82, 2.24) is 25.2 Å². The maximum absolute atomic E-state index is 13.1. The predicted octanol–water partition coefficient (Wildman–Crippen LogP) is 2.98. The zero-order chi connectivity index (χ0) is 22.9. The molecule has 1 atom stereocenters. The van der Waals surface area contributed by atoms with Gasteiger partial charge in [-0.2, -0.15) is 0 Å². The average Bonchev–Trinajstić information content (AvgIpc) is 3.48. The lowest BCUT2D eigenvalue weighted by molar-refractivity contribution is -0.118. The van der Waals surface area contributed by atoms with Crippen LogP contribution in [0.2, 0.25) is 0 Å². The first-order valence-electron chi connectivity index (χ1n) is 11.3. The fourth-order valence-electron chi connectivity index (χ4n) is 4.71. The molecule has 33 heavy (non-hydrogen) atoms. The van der Waals surface area contributed by atoms with Crippen molar-refractivity contribution in [3.05, 3.63) is 64.4 Å². The number of carbonyl (C=O) groups excluding carboxylic acids is 2. The first kappa shape index (κ1) is 21.2. The number of likely N-dealkylation sites (tertiary alicyclic amines) is 1. The topological polar surface area (TPSA) is 105 Å². The van der Waals surface area contributed by atoms with Gasteiger partial charge in [-0.25, -0.2) is 14.6 Å². The molecule has 5 rings (SSSR count). The molecule has 0 aliphatic carbocycles. The van der Waals surface area contributed by atoms with E-state index in [-0.39, 0.29) is 23.6 Å². The van der Waals surface area contributed by atoms with Crippen molar-refractivity contribution in [2.24, 2.45) is 0 Å². The number of fused-ring (bicyclic) bond motifs is 1. The molecule has 170 valence electrons. The minimum absolute atomic E-state index is 0.0751. The van der Waals surface area contributed by atoms with Gasteiger partial charge in [-0.05, 0) is 50.3 Å². The quantitative estimate of drug-likeness (QED) is 0.593. The lowest BCUT2D eigenvalue weighted by Crippen LogP contribution is -2.39. The minimum Gasteiger partial charge on any atom is -0.327 e. The zero-order valence-corrected chi connectivity index (χ0v) is 18.8. The summed E-state index contributed by atoms with van der Waals surface area (Å²) >= 11 is 0. The number of carbonyl (C=O) groups is 2. The van der Waals surface area contributed by atoms with Gasteiger partial charge in [0.2, 0.25) is 5.91 Å². The van der Waals surface area contributed by atoms with E-state index < -0.39 is 0 Å². The fourth-order valence-corrected chi connectivity index (χ4v) is 4.71. The van der Waals surface area contributed by atoms with Crippen LogP contribution in [0.15, 0.2) is 35.0 Å². The second-order valence-electron chi connectivity index (χ2n) is 8.61. The SMILES string of the molecule is Cc1nonc1C(=O)N1CCCC1c1nc(C)c2c(n1)N(CCc1ccccc1)C(=O)CC2. The highest BCUT2D eigenvalue weighted by Crippen LogP contribution is 2.35. The summed E-state index contributed by atoms with van der Waals surface area (Å²) in [5.41, 5.74) is 3.74. The molecule has 1 fully saturated rings. The van der Waals surface area contributed by atoms with Gasteiger partial charge in [-0.3, -0.25) is 14.5 Å². The molecule has 1 aromatic carbocycles. The van der Waals surface area contributed by atoms with Crippen LogP contribution in [0.3, 0.4) is 0 Å². The van der Waals surface area contributed by atoms with E-state index in [1.807, 2.05) is 25.1 Å². The van der Waals surface area contributed by atoms with Gasteiger partial charge < -0.3 is 4.90 Å². The van der Waals surface area contributed by atoms with Crippen LogP contribution in [0.25, 0.3) is 0 Å². The molecule has 0 radical (unpaired) electrons. The number of nitrogens with zero attached hydrogens (tertiary/aromatic N) is 6. The van der Waals surface area contributed by atoms with Gasteiger partial charge in [0.1, 0.15) is 11.5 Å². The number of aryl methyl sites for hydroxylation is 2. The van der Waals surface area contributed by atoms with Crippen LogP contribution in [0.1, 0.15) is 64.1 Å². The molecule has 2 aliphatic heterocycles. The molecule has 0 saturated carbocycles. The average molecular weight is 447 g/mol. The van der Waals surface area contributed by atoms with Crippen LogP contribution in [0, 0.1) is 13.8 Å². The molecule has 0 bridgehead atoms. The summed E-state index contributed by atoms with van der Waals surface area (Å²) in [6, 6.07) is 9.85. The van der Waals surface area contributed by atoms with Crippen molar-refractivity contribution in [3.8, 4) is 0 Å². The van der Waals surface area contributed by atoms with Crippen molar-refractivity contribution < 1.29 is 14.2 Å². The molecule has 9 heteroatoms. The maximum Gasteiger partial charge on any atom is 0.278 e. The Kier molecular flexibility index (Phi) is 5.62. The summed E-state index contributed by atoms with van der Waals surface area (Å²) in [7, 11) is 0. The van der Waals surface area contributed by atoms with Crippen LogP contribution in [0.4, 0.5) is 5.82 Å². The summed E-state index contributed by atoms with van der Waals surface area (Å²) in [5, 5.41) is 7.51. The molecule has 3 aromatic rings. The number of hydrogen-bond donors (Lipinski definition) is 0. The third kappa shape index (κ3) is 3.99.